The molecule has 10 nitrogen and oxygen atoms in total. The SMILES string of the molecule is COc1cc(-n2c(=O)n(-c3ccc(N(C)C(=O)/C=C/CN(C)C)cc3)c3ncnc(N)c32)ccc1C. The first-order chi connectivity index (χ1) is 17.2. The van der Waals surface area contributed by atoms with Gasteiger partial charge in [0.2, 0.25) is 5.91 Å². The highest BCUT2D eigenvalue weighted by Crippen LogP contribution is 2.27. The molecule has 2 heterocycles. The number of aromatic nitrogens is 4. The molecule has 4 aromatic rings. The third kappa shape index (κ3) is 4.58. The maximum absolute atomic E-state index is 13.7. The van der Waals surface area contributed by atoms with Gasteiger partial charge < -0.3 is 20.3 Å². The number of nitrogens with zero attached hydrogens (tertiary/aromatic N) is 6. The fraction of sp³-hybridized carbons (Fsp3) is 0.231. The second kappa shape index (κ2) is 10.0. The minimum absolute atomic E-state index is 0.146. The summed E-state index contributed by atoms with van der Waals surface area (Å²) in [6, 6.07) is 12.6. The maximum atomic E-state index is 13.7. The first-order valence-electron chi connectivity index (χ1n) is 11.3. The summed E-state index contributed by atoms with van der Waals surface area (Å²) in [6.45, 7) is 2.59. The number of benzene rings is 2. The van der Waals surface area contributed by atoms with Crippen molar-refractivity contribution >= 4 is 28.6 Å². The Kier molecular flexibility index (Phi) is 6.89. The molecule has 1 amide bonds. The van der Waals surface area contributed by atoms with Gasteiger partial charge in [-0.3, -0.25) is 9.36 Å². The van der Waals surface area contributed by atoms with Crippen LogP contribution in [0.4, 0.5) is 11.5 Å². The molecular weight excluding hydrogens is 458 g/mol. The molecule has 2 aromatic heterocycles. The number of ether oxygens (including phenoxy) is 1. The number of hydrogen-bond donors (Lipinski definition) is 1. The first-order valence-corrected chi connectivity index (χ1v) is 11.3. The number of hydrogen-bond acceptors (Lipinski definition) is 7. The van der Waals surface area contributed by atoms with Crippen molar-refractivity contribution in [3.63, 3.8) is 0 Å². The monoisotopic (exact) mass is 487 g/mol. The van der Waals surface area contributed by atoms with E-state index in [0.717, 1.165) is 5.56 Å². The molecule has 4 rings (SSSR count). The maximum Gasteiger partial charge on any atom is 0.339 e. The highest BCUT2D eigenvalue weighted by molar-refractivity contribution is 6.01. The van der Waals surface area contributed by atoms with Gasteiger partial charge in [0.25, 0.3) is 0 Å². The number of anilines is 2. The van der Waals surface area contributed by atoms with E-state index in [1.54, 1.807) is 55.5 Å². The van der Waals surface area contributed by atoms with Crippen LogP contribution >= 0.6 is 0 Å². The van der Waals surface area contributed by atoms with Crippen molar-refractivity contribution in [1.29, 1.82) is 0 Å². The second-order valence-corrected chi connectivity index (χ2v) is 8.62. The molecule has 0 radical (unpaired) electrons. The van der Waals surface area contributed by atoms with Crippen molar-refractivity contribution in [3.8, 4) is 17.1 Å². The van der Waals surface area contributed by atoms with Crippen LogP contribution in [0.5, 0.6) is 5.75 Å². The van der Waals surface area contributed by atoms with E-state index in [9.17, 15) is 9.59 Å². The van der Waals surface area contributed by atoms with E-state index in [2.05, 4.69) is 9.97 Å². The fourth-order valence-electron chi connectivity index (χ4n) is 3.90. The quantitative estimate of drug-likeness (QED) is 0.399. The van der Waals surface area contributed by atoms with Crippen LogP contribution < -0.4 is 21.1 Å². The predicted octanol–water partition coefficient (Wildman–Crippen LogP) is 2.55. The molecule has 0 fully saturated rings. The Morgan fingerprint density at radius 2 is 1.75 bits per heavy atom. The number of rotatable bonds is 7. The zero-order chi connectivity index (χ0) is 26.0. The van der Waals surface area contributed by atoms with Gasteiger partial charge >= 0.3 is 5.69 Å². The van der Waals surface area contributed by atoms with E-state index in [4.69, 9.17) is 10.5 Å². The summed E-state index contributed by atoms with van der Waals surface area (Å²) < 4.78 is 8.40. The summed E-state index contributed by atoms with van der Waals surface area (Å²) in [5.41, 5.74) is 9.40. The Morgan fingerprint density at radius 3 is 2.42 bits per heavy atom. The lowest BCUT2D eigenvalue weighted by molar-refractivity contribution is -0.113. The van der Waals surface area contributed by atoms with Gasteiger partial charge in [-0.2, -0.15) is 0 Å². The van der Waals surface area contributed by atoms with Gasteiger partial charge in [0.15, 0.2) is 11.5 Å². The molecule has 2 aromatic carbocycles. The zero-order valence-electron chi connectivity index (χ0n) is 21.0. The van der Waals surface area contributed by atoms with Crippen molar-refractivity contribution in [2.75, 3.05) is 45.4 Å². The first kappa shape index (κ1) is 24.7. The molecule has 0 saturated carbocycles. The largest absolute Gasteiger partial charge is 0.496 e. The van der Waals surface area contributed by atoms with Gasteiger partial charge in [0, 0.05) is 31.4 Å². The van der Waals surface area contributed by atoms with Gasteiger partial charge in [-0.05, 0) is 56.9 Å². The molecular formula is C26H29N7O3. The summed E-state index contributed by atoms with van der Waals surface area (Å²) in [4.78, 5) is 38.2. The number of aryl methyl sites for hydroxylation is 1. The Balaban J connectivity index is 1.78. The molecule has 0 spiro atoms. The number of methoxy groups -OCH3 is 1. The minimum Gasteiger partial charge on any atom is -0.496 e. The second-order valence-electron chi connectivity index (χ2n) is 8.62. The van der Waals surface area contributed by atoms with Gasteiger partial charge in [-0.15, -0.1) is 0 Å². The van der Waals surface area contributed by atoms with Crippen LogP contribution in [0.15, 0.2) is 65.7 Å². The van der Waals surface area contributed by atoms with Crippen molar-refractivity contribution in [3.05, 3.63) is 77.0 Å². The van der Waals surface area contributed by atoms with Crippen LogP contribution in [0.2, 0.25) is 0 Å². The number of fused-ring (bicyclic) bond motifs is 1. The van der Waals surface area contributed by atoms with Crippen LogP contribution in [0.3, 0.4) is 0 Å². The number of imidazole rings is 1. The van der Waals surface area contributed by atoms with Crippen LogP contribution in [-0.4, -0.2) is 64.7 Å². The smallest absolute Gasteiger partial charge is 0.339 e. The Morgan fingerprint density at radius 1 is 1.06 bits per heavy atom. The molecule has 0 aliphatic heterocycles. The van der Waals surface area contributed by atoms with E-state index in [1.165, 1.54) is 15.5 Å². The number of nitrogen functional groups attached to an aromatic ring is 1. The molecule has 0 unspecified atom stereocenters. The third-order valence-corrected chi connectivity index (χ3v) is 5.86. The van der Waals surface area contributed by atoms with Crippen LogP contribution in [-0.2, 0) is 4.79 Å². The van der Waals surface area contributed by atoms with E-state index in [1.807, 2.05) is 44.1 Å². The van der Waals surface area contributed by atoms with E-state index >= 15 is 0 Å². The van der Waals surface area contributed by atoms with E-state index in [-0.39, 0.29) is 17.4 Å². The molecule has 0 aliphatic rings. The van der Waals surface area contributed by atoms with Crippen molar-refractivity contribution in [2.45, 2.75) is 6.92 Å². The molecule has 0 bridgehead atoms. The van der Waals surface area contributed by atoms with Crippen LogP contribution in [0, 0.1) is 6.92 Å². The number of amides is 1. The number of likely N-dealkylation sites (N-methyl/N-ethyl adjacent to an activating group) is 2. The average molecular weight is 488 g/mol. The summed E-state index contributed by atoms with van der Waals surface area (Å²) in [5, 5.41) is 0. The Hall–Kier alpha value is -4.44. The standard InChI is InChI=1S/C26H29N7O3/c1-17-8-9-20(15-21(17)36-5)32-23-24(27)28-16-29-25(23)33(26(32)35)19-12-10-18(11-13-19)31(4)22(34)7-6-14-30(2)3/h6-13,15-16H,14H2,1-5H3,(H2,27,28,29)/b7-6+. The molecule has 10 heteroatoms. The van der Waals surface area contributed by atoms with Gasteiger partial charge in [-0.25, -0.2) is 19.3 Å². The summed E-state index contributed by atoms with van der Waals surface area (Å²) >= 11 is 0. The Bertz CT molecular complexity index is 1500. The van der Waals surface area contributed by atoms with Gasteiger partial charge in [0.1, 0.15) is 17.6 Å². The molecule has 0 atom stereocenters. The van der Waals surface area contributed by atoms with Crippen molar-refractivity contribution < 1.29 is 9.53 Å². The zero-order valence-corrected chi connectivity index (χ0v) is 21.0. The lowest BCUT2D eigenvalue weighted by Crippen LogP contribution is -2.25. The van der Waals surface area contributed by atoms with Crippen LogP contribution in [0.1, 0.15) is 5.56 Å². The minimum atomic E-state index is -0.355. The predicted molar refractivity (Wildman–Crippen MR) is 141 cm³/mol. The summed E-state index contributed by atoms with van der Waals surface area (Å²) in [7, 11) is 7.15. The molecule has 0 saturated heterocycles. The van der Waals surface area contributed by atoms with Gasteiger partial charge in [-0.1, -0.05) is 12.1 Å². The average Bonchev–Trinajstić information content (AvgIpc) is 3.16. The third-order valence-electron chi connectivity index (χ3n) is 5.86. The van der Waals surface area contributed by atoms with E-state index in [0.29, 0.717) is 40.5 Å². The van der Waals surface area contributed by atoms with Crippen molar-refractivity contribution in [1.82, 2.24) is 24.0 Å². The topological polar surface area (TPSA) is 112 Å². The molecule has 0 aliphatic carbocycles. The molecule has 2 N–H and O–H groups in total. The number of nitrogens with two attached hydrogens (primary N) is 1. The molecule has 186 valence electrons. The molecule has 36 heavy (non-hydrogen) atoms. The van der Waals surface area contributed by atoms with Crippen molar-refractivity contribution in [2.24, 2.45) is 0 Å². The highest BCUT2D eigenvalue weighted by Gasteiger charge is 2.21. The number of carbonyl (C=O) groups excluding carboxylic acids is 1. The fourth-order valence-corrected chi connectivity index (χ4v) is 3.90. The summed E-state index contributed by atoms with van der Waals surface area (Å²) in [5.74, 6) is 0.682. The summed E-state index contributed by atoms with van der Waals surface area (Å²) in [6.07, 6.45) is 4.68. The van der Waals surface area contributed by atoms with Gasteiger partial charge in [0.05, 0.1) is 18.5 Å². The number of carbonyl (C=O) groups is 1. The van der Waals surface area contributed by atoms with Crippen LogP contribution in [0.25, 0.3) is 22.5 Å². The lowest BCUT2D eigenvalue weighted by atomic mass is 10.2. The lowest BCUT2D eigenvalue weighted by Gasteiger charge is -2.16. The highest BCUT2D eigenvalue weighted by atomic mass is 16.5. The Labute approximate surface area is 208 Å². The normalized spacial score (nSPS) is 11.5. The van der Waals surface area contributed by atoms with E-state index < -0.39 is 0 Å².